The molecule has 2 amide bonds. The summed E-state index contributed by atoms with van der Waals surface area (Å²) in [5, 5.41) is 9.15. The zero-order chi connectivity index (χ0) is 16.9. The molecule has 0 fully saturated rings. The minimum atomic E-state index is -0.176. The smallest absolute Gasteiger partial charge is 0.252 e. The van der Waals surface area contributed by atoms with Gasteiger partial charge in [0.15, 0.2) is 11.5 Å². The zero-order valence-corrected chi connectivity index (χ0v) is 13.7. The predicted molar refractivity (Wildman–Crippen MR) is 91.5 cm³/mol. The van der Waals surface area contributed by atoms with E-state index in [1.54, 1.807) is 23.6 Å². The molecule has 4 N–H and O–H groups in total. The fourth-order valence-corrected chi connectivity index (χ4v) is 2.86. The summed E-state index contributed by atoms with van der Waals surface area (Å²) in [7, 11) is 0. The third-order valence-corrected chi connectivity index (χ3v) is 4.15. The second kappa shape index (κ2) is 7.22. The van der Waals surface area contributed by atoms with Crippen LogP contribution in [0.5, 0.6) is 11.5 Å². The number of carbonyl (C=O) groups is 2. The van der Waals surface area contributed by atoms with Crippen molar-refractivity contribution in [1.82, 2.24) is 5.32 Å². The molecule has 0 bridgehead atoms. The van der Waals surface area contributed by atoms with E-state index in [-0.39, 0.29) is 25.0 Å². The number of hydrogen-bond donors (Lipinski definition) is 3. The number of nitrogen functional groups attached to an aromatic ring is 1. The lowest BCUT2D eigenvalue weighted by Gasteiger charge is -2.09. The van der Waals surface area contributed by atoms with Crippen molar-refractivity contribution in [3.63, 3.8) is 0 Å². The molecule has 0 radical (unpaired) electrons. The number of amides is 2. The number of benzene rings is 1. The van der Waals surface area contributed by atoms with Gasteiger partial charge in [-0.1, -0.05) is 0 Å². The van der Waals surface area contributed by atoms with Crippen LogP contribution in [-0.4, -0.2) is 25.2 Å². The van der Waals surface area contributed by atoms with E-state index in [4.69, 9.17) is 15.2 Å². The lowest BCUT2D eigenvalue weighted by Crippen LogP contribution is -2.25. The van der Waals surface area contributed by atoms with Crippen LogP contribution in [0.3, 0.4) is 0 Å². The van der Waals surface area contributed by atoms with Gasteiger partial charge in [-0.15, -0.1) is 0 Å². The lowest BCUT2D eigenvalue weighted by molar-refractivity contribution is -0.116. The molecule has 0 spiro atoms. The Kier molecular flexibility index (Phi) is 4.85. The van der Waals surface area contributed by atoms with Crippen LogP contribution >= 0.6 is 11.3 Å². The SMILES string of the molecule is Nc1cc2c(cc1NC(=O)CCCNC(=O)c1ccsc1)OCO2. The highest BCUT2D eigenvalue weighted by atomic mass is 32.1. The molecule has 0 atom stereocenters. The van der Waals surface area contributed by atoms with Gasteiger partial charge in [-0.25, -0.2) is 0 Å². The number of hydrogen-bond acceptors (Lipinski definition) is 6. The van der Waals surface area contributed by atoms with Gasteiger partial charge >= 0.3 is 0 Å². The number of thiophene rings is 1. The lowest BCUT2D eigenvalue weighted by atomic mass is 10.2. The van der Waals surface area contributed by atoms with Crippen LogP contribution in [0.2, 0.25) is 0 Å². The molecule has 1 aromatic carbocycles. The summed E-state index contributed by atoms with van der Waals surface area (Å²) < 4.78 is 10.5. The van der Waals surface area contributed by atoms with Crippen molar-refractivity contribution in [3.8, 4) is 11.5 Å². The van der Waals surface area contributed by atoms with Crippen molar-refractivity contribution < 1.29 is 19.1 Å². The molecule has 3 rings (SSSR count). The maximum absolute atomic E-state index is 12.0. The Balaban J connectivity index is 1.44. The van der Waals surface area contributed by atoms with Gasteiger partial charge in [0.25, 0.3) is 5.91 Å². The van der Waals surface area contributed by atoms with Crippen molar-refractivity contribution in [2.45, 2.75) is 12.8 Å². The van der Waals surface area contributed by atoms with Gasteiger partial charge in [-0.05, 0) is 17.9 Å². The molecule has 2 aromatic rings. The second-order valence-electron chi connectivity index (χ2n) is 5.21. The van der Waals surface area contributed by atoms with E-state index in [1.165, 1.54) is 11.3 Å². The van der Waals surface area contributed by atoms with Crippen LogP contribution in [0.15, 0.2) is 29.0 Å². The normalized spacial score (nSPS) is 12.0. The molecule has 2 heterocycles. The van der Waals surface area contributed by atoms with Gasteiger partial charge in [0.1, 0.15) is 0 Å². The number of nitrogens with one attached hydrogen (secondary N) is 2. The van der Waals surface area contributed by atoms with Crippen molar-refractivity contribution >= 4 is 34.5 Å². The third kappa shape index (κ3) is 3.77. The monoisotopic (exact) mass is 347 g/mol. The van der Waals surface area contributed by atoms with Crippen LogP contribution in [0.4, 0.5) is 11.4 Å². The Bertz CT molecular complexity index is 746. The molecular weight excluding hydrogens is 330 g/mol. The fourth-order valence-electron chi connectivity index (χ4n) is 2.23. The Morgan fingerprint density at radius 2 is 2.04 bits per heavy atom. The van der Waals surface area contributed by atoms with Crippen LogP contribution in [-0.2, 0) is 4.79 Å². The first kappa shape index (κ1) is 16.1. The number of ether oxygens (including phenoxy) is 2. The average molecular weight is 347 g/mol. The van der Waals surface area contributed by atoms with E-state index in [0.717, 1.165) is 0 Å². The number of fused-ring (bicyclic) bond motifs is 1. The van der Waals surface area contributed by atoms with E-state index in [2.05, 4.69) is 10.6 Å². The van der Waals surface area contributed by atoms with Gasteiger partial charge < -0.3 is 25.8 Å². The summed E-state index contributed by atoms with van der Waals surface area (Å²) >= 11 is 1.47. The molecule has 0 unspecified atom stereocenters. The van der Waals surface area contributed by atoms with Gasteiger partial charge in [0.05, 0.1) is 11.4 Å². The minimum absolute atomic E-state index is 0.128. The maximum Gasteiger partial charge on any atom is 0.252 e. The molecule has 0 saturated carbocycles. The molecule has 0 saturated heterocycles. The number of anilines is 2. The van der Waals surface area contributed by atoms with Crippen molar-refractivity contribution in [2.24, 2.45) is 0 Å². The molecule has 7 nitrogen and oxygen atoms in total. The zero-order valence-electron chi connectivity index (χ0n) is 12.8. The molecule has 0 aliphatic carbocycles. The molecular formula is C16H17N3O4S. The second-order valence-corrected chi connectivity index (χ2v) is 5.99. The van der Waals surface area contributed by atoms with E-state index < -0.39 is 0 Å². The van der Waals surface area contributed by atoms with E-state index in [1.807, 2.05) is 5.38 Å². The number of carbonyl (C=O) groups excluding carboxylic acids is 2. The predicted octanol–water partition coefficient (Wildman–Crippen LogP) is 2.21. The molecule has 1 aliphatic heterocycles. The van der Waals surface area contributed by atoms with Crippen LogP contribution in [0, 0.1) is 0 Å². The van der Waals surface area contributed by atoms with Crippen molar-refractivity contribution in [1.29, 1.82) is 0 Å². The standard InChI is InChI=1S/C16H17N3O4S/c17-11-6-13-14(23-9-22-13)7-12(11)19-15(20)2-1-4-18-16(21)10-3-5-24-8-10/h3,5-8H,1-2,4,9,17H2,(H,18,21)(H,19,20). The summed E-state index contributed by atoms with van der Waals surface area (Å²) in [6.07, 6.45) is 0.809. The quantitative estimate of drug-likeness (QED) is 0.549. The van der Waals surface area contributed by atoms with Crippen molar-refractivity contribution in [2.75, 3.05) is 24.4 Å². The number of nitrogens with two attached hydrogens (primary N) is 1. The summed E-state index contributed by atoms with van der Waals surface area (Å²) in [5.41, 5.74) is 7.43. The van der Waals surface area contributed by atoms with Gasteiger partial charge in [-0.2, -0.15) is 11.3 Å². The third-order valence-electron chi connectivity index (χ3n) is 3.47. The highest BCUT2D eigenvalue weighted by Crippen LogP contribution is 2.38. The van der Waals surface area contributed by atoms with Gasteiger partial charge in [0, 0.05) is 36.0 Å². The van der Waals surface area contributed by atoms with Crippen LogP contribution < -0.4 is 25.8 Å². The highest BCUT2D eigenvalue weighted by molar-refractivity contribution is 7.08. The topological polar surface area (TPSA) is 103 Å². The first-order valence-electron chi connectivity index (χ1n) is 7.43. The van der Waals surface area contributed by atoms with E-state index in [0.29, 0.717) is 41.4 Å². The molecule has 1 aliphatic rings. The summed E-state index contributed by atoms with van der Waals surface area (Å²) in [6.45, 7) is 0.578. The average Bonchev–Trinajstić information content (AvgIpc) is 3.23. The van der Waals surface area contributed by atoms with E-state index >= 15 is 0 Å². The summed E-state index contributed by atoms with van der Waals surface area (Å²) in [6, 6.07) is 5.03. The Hall–Kier alpha value is -2.74. The molecule has 126 valence electrons. The minimum Gasteiger partial charge on any atom is -0.454 e. The fraction of sp³-hybridized carbons (Fsp3) is 0.250. The number of rotatable bonds is 6. The molecule has 8 heteroatoms. The first-order chi connectivity index (χ1) is 11.6. The Morgan fingerprint density at radius 3 is 2.79 bits per heavy atom. The largest absolute Gasteiger partial charge is 0.454 e. The maximum atomic E-state index is 12.0. The Morgan fingerprint density at radius 1 is 1.25 bits per heavy atom. The van der Waals surface area contributed by atoms with Crippen LogP contribution in [0.1, 0.15) is 23.2 Å². The van der Waals surface area contributed by atoms with Crippen molar-refractivity contribution in [3.05, 3.63) is 34.5 Å². The van der Waals surface area contributed by atoms with Crippen LogP contribution in [0.25, 0.3) is 0 Å². The first-order valence-corrected chi connectivity index (χ1v) is 8.37. The van der Waals surface area contributed by atoms with Gasteiger partial charge in [-0.3, -0.25) is 9.59 Å². The molecule has 1 aromatic heterocycles. The molecule has 24 heavy (non-hydrogen) atoms. The van der Waals surface area contributed by atoms with Gasteiger partial charge in [0.2, 0.25) is 12.7 Å². The summed E-state index contributed by atoms with van der Waals surface area (Å²) in [4.78, 5) is 23.7. The van der Waals surface area contributed by atoms with E-state index in [9.17, 15) is 9.59 Å². The Labute approximate surface area is 142 Å². The summed E-state index contributed by atoms with van der Waals surface area (Å²) in [5.74, 6) is 0.825. The highest BCUT2D eigenvalue weighted by Gasteiger charge is 2.17.